The van der Waals surface area contributed by atoms with Gasteiger partial charge in [0.05, 0.1) is 11.7 Å². The van der Waals surface area contributed by atoms with Gasteiger partial charge >= 0.3 is 0 Å². The maximum absolute atomic E-state index is 4.37. The minimum Gasteiger partial charge on any atom is -0.309 e. The van der Waals surface area contributed by atoms with Gasteiger partial charge in [-0.05, 0) is 54.3 Å². The van der Waals surface area contributed by atoms with E-state index in [9.17, 15) is 0 Å². The Morgan fingerprint density at radius 2 is 2.19 bits per heavy atom. The SMILES string of the molecule is CCNC(c1ccnn1C)C1C2CCc3ccccc3C21. The van der Waals surface area contributed by atoms with Crippen LogP contribution in [-0.4, -0.2) is 16.3 Å². The van der Waals surface area contributed by atoms with Crippen molar-refractivity contribution in [1.29, 1.82) is 0 Å². The van der Waals surface area contributed by atoms with Crippen molar-refractivity contribution in [3.05, 3.63) is 53.3 Å². The van der Waals surface area contributed by atoms with Gasteiger partial charge in [0.25, 0.3) is 0 Å². The van der Waals surface area contributed by atoms with E-state index >= 15 is 0 Å². The number of aromatic nitrogens is 2. The Morgan fingerprint density at radius 3 is 2.95 bits per heavy atom. The van der Waals surface area contributed by atoms with Crippen molar-refractivity contribution in [2.75, 3.05) is 6.54 Å². The minimum absolute atomic E-state index is 0.434. The van der Waals surface area contributed by atoms with Gasteiger partial charge in [-0.15, -0.1) is 0 Å². The molecule has 0 saturated heterocycles. The van der Waals surface area contributed by atoms with Crippen LogP contribution in [0, 0.1) is 11.8 Å². The molecule has 1 aromatic heterocycles. The summed E-state index contributed by atoms with van der Waals surface area (Å²) in [6.07, 6.45) is 4.50. The van der Waals surface area contributed by atoms with Gasteiger partial charge in [0, 0.05) is 13.2 Å². The van der Waals surface area contributed by atoms with Crippen LogP contribution in [0.25, 0.3) is 0 Å². The summed E-state index contributed by atoms with van der Waals surface area (Å²) in [5, 5.41) is 8.08. The highest BCUT2D eigenvalue weighted by Crippen LogP contribution is 2.64. The van der Waals surface area contributed by atoms with Gasteiger partial charge in [-0.1, -0.05) is 31.2 Å². The molecule has 1 saturated carbocycles. The van der Waals surface area contributed by atoms with E-state index in [1.54, 1.807) is 11.1 Å². The van der Waals surface area contributed by atoms with Crippen molar-refractivity contribution in [2.45, 2.75) is 31.7 Å². The van der Waals surface area contributed by atoms with Crippen LogP contribution < -0.4 is 5.32 Å². The summed E-state index contributed by atoms with van der Waals surface area (Å²) in [5.74, 6) is 2.32. The molecule has 0 aliphatic heterocycles. The van der Waals surface area contributed by atoms with Crippen LogP contribution in [-0.2, 0) is 13.5 Å². The van der Waals surface area contributed by atoms with E-state index in [0.29, 0.717) is 6.04 Å². The van der Waals surface area contributed by atoms with Crippen LogP contribution >= 0.6 is 0 Å². The third-order valence-electron chi connectivity index (χ3n) is 5.38. The number of hydrogen-bond donors (Lipinski definition) is 1. The number of nitrogens with zero attached hydrogens (tertiary/aromatic N) is 2. The molecule has 3 heteroatoms. The van der Waals surface area contributed by atoms with E-state index in [2.05, 4.69) is 54.7 Å². The molecule has 4 atom stereocenters. The van der Waals surface area contributed by atoms with Crippen LogP contribution in [0.2, 0.25) is 0 Å². The highest BCUT2D eigenvalue weighted by atomic mass is 15.3. The highest BCUT2D eigenvalue weighted by Gasteiger charge is 2.56. The number of nitrogens with one attached hydrogen (secondary N) is 1. The van der Waals surface area contributed by atoms with E-state index in [0.717, 1.165) is 24.3 Å². The van der Waals surface area contributed by atoms with Crippen molar-refractivity contribution in [2.24, 2.45) is 18.9 Å². The highest BCUT2D eigenvalue weighted by molar-refractivity contribution is 5.40. The second kappa shape index (κ2) is 4.99. The molecule has 110 valence electrons. The Balaban J connectivity index is 1.67. The summed E-state index contributed by atoms with van der Waals surface area (Å²) in [4.78, 5) is 0. The molecule has 4 rings (SSSR count). The van der Waals surface area contributed by atoms with Gasteiger partial charge in [0.2, 0.25) is 0 Å². The predicted molar refractivity (Wildman–Crippen MR) is 84.1 cm³/mol. The van der Waals surface area contributed by atoms with E-state index in [-0.39, 0.29) is 0 Å². The molecule has 3 nitrogen and oxygen atoms in total. The number of rotatable bonds is 4. The van der Waals surface area contributed by atoms with Gasteiger partial charge in [-0.3, -0.25) is 4.68 Å². The van der Waals surface area contributed by atoms with Crippen molar-refractivity contribution >= 4 is 0 Å². The third kappa shape index (κ3) is 2.03. The first-order valence-electron chi connectivity index (χ1n) is 8.10. The van der Waals surface area contributed by atoms with Crippen LogP contribution in [0.1, 0.15) is 42.1 Å². The number of hydrogen-bond acceptors (Lipinski definition) is 2. The lowest BCUT2D eigenvalue weighted by Gasteiger charge is -2.19. The number of benzene rings is 1. The Morgan fingerprint density at radius 1 is 1.33 bits per heavy atom. The Hall–Kier alpha value is -1.61. The zero-order chi connectivity index (χ0) is 14.4. The molecule has 2 aliphatic carbocycles. The molecule has 0 radical (unpaired) electrons. The molecule has 0 bridgehead atoms. The lowest BCUT2D eigenvalue weighted by atomic mass is 9.92. The van der Waals surface area contributed by atoms with Gasteiger partial charge < -0.3 is 5.32 Å². The van der Waals surface area contributed by atoms with Crippen LogP contribution in [0.4, 0.5) is 0 Å². The van der Waals surface area contributed by atoms with E-state index in [1.165, 1.54) is 18.5 Å². The van der Waals surface area contributed by atoms with Gasteiger partial charge in [-0.2, -0.15) is 5.10 Å². The molecule has 21 heavy (non-hydrogen) atoms. The molecule has 1 aromatic carbocycles. The standard InChI is InChI=1S/C18H23N3/c1-3-19-18(15-10-11-20-21(15)2)17-14-9-8-12-6-4-5-7-13(12)16(14)17/h4-7,10-11,14,16-19H,3,8-9H2,1-2H3. The minimum atomic E-state index is 0.434. The fourth-order valence-electron chi connectivity index (χ4n) is 4.42. The maximum Gasteiger partial charge on any atom is 0.0553 e. The fraction of sp³-hybridized carbons (Fsp3) is 0.500. The molecule has 1 N–H and O–H groups in total. The van der Waals surface area contributed by atoms with E-state index < -0.39 is 0 Å². The Bertz CT molecular complexity index is 645. The molecule has 4 unspecified atom stereocenters. The molecule has 1 fully saturated rings. The van der Waals surface area contributed by atoms with Crippen LogP contribution in [0.15, 0.2) is 36.5 Å². The average molecular weight is 281 g/mol. The molecule has 0 spiro atoms. The molecular formula is C18H23N3. The van der Waals surface area contributed by atoms with Crippen LogP contribution in [0.5, 0.6) is 0 Å². The number of aryl methyl sites for hydroxylation is 2. The largest absolute Gasteiger partial charge is 0.309 e. The first kappa shape index (κ1) is 13.1. The summed E-state index contributed by atoms with van der Waals surface area (Å²) < 4.78 is 2.03. The predicted octanol–water partition coefficient (Wildman–Crippen LogP) is 3.05. The van der Waals surface area contributed by atoms with Gasteiger partial charge in [0.15, 0.2) is 0 Å². The van der Waals surface area contributed by atoms with Crippen molar-refractivity contribution < 1.29 is 0 Å². The second-order valence-electron chi connectivity index (χ2n) is 6.42. The van der Waals surface area contributed by atoms with E-state index in [1.807, 2.05) is 10.9 Å². The quantitative estimate of drug-likeness (QED) is 0.933. The van der Waals surface area contributed by atoms with Gasteiger partial charge in [-0.25, -0.2) is 0 Å². The zero-order valence-electron chi connectivity index (χ0n) is 12.8. The molecule has 0 amide bonds. The Kier molecular flexibility index (Phi) is 3.11. The van der Waals surface area contributed by atoms with Gasteiger partial charge in [0.1, 0.15) is 0 Å². The summed E-state index contributed by atoms with van der Waals surface area (Å²) in [5.41, 5.74) is 4.50. The molecule has 1 heterocycles. The maximum atomic E-state index is 4.37. The molecule has 2 aliphatic rings. The number of fused-ring (bicyclic) bond motifs is 3. The van der Waals surface area contributed by atoms with E-state index in [4.69, 9.17) is 0 Å². The first-order chi connectivity index (χ1) is 10.3. The molecule has 2 aromatic rings. The topological polar surface area (TPSA) is 29.9 Å². The summed E-state index contributed by atoms with van der Waals surface area (Å²) in [6.45, 7) is 3.21. The third-order valence-corrected chi connectivity index (χ3v) is 5.38. The first-order valence-corrected chi connectivity index (χ1v) is 8.10. The summed E-state index contributed by atoms with van der Waals surface area (Å²) in [6, 6.07) is 11.6. The van der Waals surface area contributed by atoms with Crippen molar-refractivity contribution in [3.63, 3.8) is 0 Å². The average Bonchev–Trinajstić information content (AvgIpc) is 3.10. The monoisotopic (exact) mass is 281 g/mol. The zero-order valence-corrected chi connectivity index (χ0v) is 12.8. The smallest absolute Gasteiger partial charge is 0.0553 e. The lowest BCUT2D eigenvalue weighted by Crippen LogP contribution is -2.26. The van der Waals surface area contributed by atoms with Crippen molar-refractivity contribution in [1.82, 2.24) is 15.1 Å². The normalized spacial score (nSPS) is 27.8. The molecular weight excluding hydrogens is 258 g/mol. The van der Waals surface area contributed by atoms with Crippen LogP contribution in [0.3, 0.4) is 0 Å². The second-order valence-corrected chi connectivity index (χ2v) is 6.42. The lowest BCUT2D eigenvalue weighted by molar-refractivity contribution is 0.433. The Labute approximate surface area is 126 Å². The summed E-state index contributed by atoms with van der Waals surface area (Å²) in [7, 11) is 2.06. The fourth-order valence-corrected chi connectivity index (χ4v) is 4.42. The summed E-state index contributed by atoms with van der Waals surface area (Å²) >= 11 is 0. The van der Waals surface area contributed by atoms with Crippen molar-refractivity contribution in [3.8, 4) is 0 Å².